The van der Waals surface area contributed by atoms with Crippen LogP contribution in [0.5, 0.6) is 0 Å². The van der Waals surface area contributed by atoms with E-state index in [9.17, 15) is 0 Å². The summed E-state index contributed by atoms with van der Waals surface area (Å²) in [6.07, 6.45) is 4.00. The molecule has 1 aliphatic rings. The van der Waals surface area contributed by atoms with Crippen molar-refractivity contribution in [1.29, 1.82) is 0 Å². The Hall–Kier alpha value is -1.72. The number of nitrogens with zero attached hydrogens (tertiary/aromatic N) is 2. The number of likely N-dealkylation sites (N-methyl/N-ethyl adjacent to an activating group) is 1. The Morgan fingerprint density at radius 3 is 2.81 bits per heavy atom. The third-order valence-electron chi connectivity index (χ3n) is 4.28. The number of ether oxygens (including phenoxy) is 1. The normalized spacial score (nSPS) is 16.7. The average Bonchev–Trinajstić information content (AvgIpc) is 2.95. The molecule has 1 fully saturated rings. The lowest BCUT2D eigenvalue weighted by atomic mass is 9.79. The number of aromatic nitrogens is 2. The van der Waals surface area contributed by atoms with Gasteiger partial charge in [-0.15, -0.1) is 0 Å². The predicted octanol–water partition coefficient (Wildman–Crippen LogP) is 2.52. The van der Waals surface area contributed by atoms with Gasteiger partial charge in [0.1, 0.15) is 5.60 Å². The summed E-state index contributed by atoms with van der Waals surface area (Å²) in [5, 5.41) is 7.32. The average molecular weight is 287 g/mol. The summed E-state index contributed by atoms with van der Waals surface area (Å²) in [5.41, 5.74) is 1.89. The van der Waals surface area contributed by atoms with Crippen molar-refractivity contribution in [3.05, 3.63) is 35.7 Å². The number of methoxy groups -OCH3 is 1. The first kappa shape index (κ1) is 14.2. The fourth-order valence-corrected chi connectivity index (χ4v) is 2.74. The molecule has 2 aromatic rings. The molecule has 1 N–H and O–H groups in total. The summed E-state index contributed by atoms with van der Waals surface area (Å²) >= 11 is 0. The van der Waals surface area contributed by atoms with Crippen molar-refractivity contribution < 1.29 is 9.26 Å². The van der Waals surface area contributed by atoms with E-state index in [0.29, 0.717) is 11.7 Å². The number of benzene rings is 1. The maximum absolute atomic E-state index is 5.61. The Kier molecular flexibility index (Phi) is 4.03. The standard InChI is InChI=1S/C16H21N3O2/c1-17-11-8-12-6-3-4-7-13(12)14-18-15(19-21-14)16(20-2)9-5-10-16/h3-4,6-7,17H,5,8-11H2,1-2H3. The van der Waals surface area contributed by atoms with Gasteiger partial charge in [0.05, 0.1) is 0 Å². The molecule has 5 heteroatoms. The quantitative estimate of drug-likeness (QED) is 0.884. The molecule has 0 spiro atoms. The van der Waals surface area contributed by atoms with Crippen LogP contribution in [0, 0.1) is 0 Å². The number of nitrogens with one attached hydrogen (secondary N) is 1. The van der Waals surface area contributed by atoms with Crippen LogP contribution in [0.3, 0.4) is 0 Å². The molecule has 0 saturated heterocycles. The Labute approximate surface area is 124 Å². The molecule has 0 unspecified atom stereocenters. The number of rotatable bonds is 6. The summed E-state index contributed by atoms with van der Waals surface area (Å²) < 4.78 is 11.1. The lowest BCUT2D eigenvalue weighted by molar-refractivity contribution is -0.0858. The lowest BCUT2D eigenvalue weighted by Crippen LogP contribution is -2.37. The summed E-state index contributed by atoms with van der Waals surface area (Å²) in [6.45, 7) is 0.917. The molecule has 0 aliphatic heterocycles. The third kappa shape index (κ3) is 2.59. The zero-order valence-electron chi connectivity index (χ0n) is 12.6. The van der Waals surface area contributed by atoms with E-state index in [1.807, 2.05) is 25.2 Å². The second-order valence-corrected chi connectivity index (χ2v) is 5.49. The SMILES string of the molecule is CNCCc1ccccc1-c1nc(C2(OC)CCC2)no1. The molecule has 112 valence electrons. The van der Waals surface area contributed by atoms with Crippen LogP contribution in [-0.4, -0.2) is 30.8 Å². The molecule has 21 heavy (non-hydrogen) atoms. The van der Waals surface area contributed by atoms with Gasteiger partial charge in [0, 0.05) is 12.7 Å². The van der Waals surface area contributed by atoms with Crippen molar-refractivity contribution >= 4 is 0 Å². The van der Waals surface area contributed by atoms with Crippen molar-refractivity contribution in [2.75, 3.05) is 20.7 Å². The van der Waals surface area contributed by atoms with E-state index in [1.54, 1.807) is 7.11 Å². The fraction of sp³-hybridized carbons (Fsp3) is 0.500. The van der Waals surface area contributed by atoms with Gasteiger partial charge in [-0.2, -0.15) is 4.98 Å². The summed E-state index contributed by atoms with van der Waals surface area (Å²) in [6, 6.07) is 8.17. The van der Waals surface area contributed by atoms with Crippen LogP contribution in [0.1, 0.15) is 30.7 Å². The zero-order valence-corrected chi connectivity index (χ0v) is 12.6. The van der Waals surface area contributed by atoms with Gasteiger partial charge < -0.3 is 14.6 Å². The van der Waals surface area contributed by atoms with Crippen molar-refractivity contribution in [3.63, 3.8) is 0 Å². The Morgan fingerprint density at radius 1 is 1.33 bits per heavy atom. The second kappa shape index (κ2) is 5.95. The van der Waals surface area contributed by atoms with Crippen molar-refractivity contribution in [3.8, 4) is 11.5 Å². The molecule has 0 bridgehead atoms. The first-order chi connectivity index (χ1) is 10.3. The van der Waals surface area contributed by atoms with Crippen molar-refractivity contribution in [2.24, 2.45) is 0 Å². The van der Waals surface area contributed by atoms with Gasteiger partial charge in [0.15, 0.2) is 0 Å². The van der Waals surface area contributed by atoms with Gasteiger partial charge in [-0.1, -0.05) is 23.4 Å². The monoisotopic (exact) mass is 287 g/mol. The molecule has 3 rings (SSSR count). The van der Waals surface area contributed by atoms with Gasteiger partial charge in [-0.3, -0.25) is 0 Å². The van der Waals surface area contributed by atoms with E-state index >= 15 is 0 Å². The lowest BCUT2D eigenvalue weighted by Gasteiger charge is -2.37. The summed E-state index contributed by atoms with van der Waals surface area (Å²) in [4.78, 5) is 4.59. The van der Waals surface area contributed by atoms with Gasteiger partial charge in [-0.25, -0.2) is 0 Å². The topological polar surface area (TPSA) is 60.2 Å². The molecule has 1 aromatic carbocycles. The predicted molar refractivity (Wildman–Crippen MR) is 79.9 cm³/mol. The minimum absolute atomic E-state index is 0.332. The van der Waals surface area contributed by atoms with E-state index < -0.39 is 0 Å². The van der Waals surface area contributed by atoms with Crippen molar-refractivity contribution in [1.82, 2.24) is 15.5 Å². The van der Waals surface area contributed by atoms with Crippen LogP contribution in [-0.2, 0) is 16.8 Å². The molecule has 1 heterocycles. The van der Waals surface area contributed by atoms with Crippen molar-refractivity contribution in [2.45, 2.75) is 31.3 Å². The number of hydrogen-bond acceptors (Lipinski definition) is 5. The molecule has 5 nitrogen and oxygen atoms in total. The molecular weight excluding hydrogens is 266 g/mol. The van der Waals surface area contributed by atoms with Crippen LogP contribution in [0.4, 0.5) is 0 Å². The maximum atomic E-state index is 5.61. The van der Waals surface area contributed by atoms with Crippen LogP contribution < -0.4 is 5.32 Å². The molecular formula is C16H21N3O2. The minimum atomic E-state index is -0.332. The first-order valence-corrected chi connectivity index (χ1v) is 7.41. The Balaban J connectivity index is 1.89. The van der Waals surface area contributed by atoms with Crippen LogP contribution in [0.25, 0.3) is 11.5 Å². The van der Waals surface area contributed by atoms with Gasteiger partial charge in [-0.05, 0) is 50.9 Å². The van der Waals surface area contributed by atoms with E-state index in [0.717, 1.165) is 37.8 Å². The molecule has 0 atom stereocenters. The Bertz CT molecular complexity index is 600. The van der Waals surface area contributed by atoms with E-state index in [2.05, 4.69) is 21.5 Å². The van der Waals surface area contributed by atoms with Gasteiger partial charge >= 0.3 is 0 Å². The third-order valence-corrected chi connectivity index (χ3v) is 4.28. The summed E-state index contributed by atoms with van der Waals surface area (Å²) in [5.74, 6) is 1.26. The molecule has 1 saturated carbocycles. The fourth-order valence-electron chi connectivity index (χ4n) is 2.74. The zero-order chi connectivity index (χ0) is 14.7. The largest absolute Gasteiger partial charge is 0.370 e. The van der Waals surface area contributed by atoms with Crippen LogP contribution in [0.15, 0.2) is 28.8 Å². The van der Waals surface area contributed by atoms with E-state index in [1.165, 1.54) is 5.56 Å². The highest BCUT2D eigenvalue weighted by molar-refractivity contribution is 5.58. The molecule has 0 radical (unpaired) electrons. The molecule has 0 amide bonds. The Morgan fingerprint density at radius 2 is 2.14 bits per heavy atom. The highest BCUT2D eigenvalue weighted by atomic mass is 16.5. The molecule has 1 aliphatic carbocycles. The maximum Gasteiger partial charge on any atom is 0.258 e. The molecule has 1 aromatic heterocycles. The van der Waals surface area contributed by atoms with E-state index in [-0.39, 0.29) is 5.60 Å². The van der Waals surface area contributed by atoms with E-state index in [4.69, 9.17) is 9.26 Å². The summed E-state index contributed by atoms with van der Waals surface area (Å²) in [7, 11) is 3.67. The second-order valence-electron chi connectivity index (χ2n) is 5.49. The van der Waals surface area contributed by atoms with Gasteiger partial charge in [0.25, 0.3) is 5.89 Å². The number of hydrogen-bond donors (Lipinski definition) is 1. The van der Waals surface area contributed by atoms with Gasteiger partial charge in [0.2, 0.25) is 5.82 Å². The van der Waals surface area contributed by atoms with Crippen LogP contribution >= 0.6 is 0 Å². The minimum Gasteiger partial charge on any atom is -0.370 e. The van der Waals surface area contributed by atoms with Crippen LogP contribution in [0.2, 0.25) is 0 Å². The smallest absolute Gasteiger partial charge is 0.258 e. The first-order valence-electron chi connectivity index (χ1n) is 7.41. The highest BCUT2D eigenvalue weighted by Gasteiger charge is 2.43. The highest BCUT2D eigenvalue weighted by Crippen LogP contribution is 2.43.